The van der Waals surface area contributed by atoms with E-state index >= 15 is 0 Å². The number of nitrogens with zero attached hydrogens (tertiary/aromatic N) is 1. The van der Waals surface area contributed by atoms with Crippen LogP contribution in [-0.2, 0) is 9.47 Å². The number of hydrogen-bond acceptors (Lipinski definition) is 4. The molecule has 6 aliphatic rings. The fourth-order valence-electron chi connectivity index (χ4n) is 7.23. The lowest BCUT2D eigenvalue weighted by atomic mass is 9.71. The van der Waals surface area contributed by atoms with E-state index in [0.29, 0.717) is 23.8 Å². The first-order chi connectivity index (χ1) is 13.3. The maximum absolute atomic E-state index is 6.61. The Morgan fingerprint density at radius 2 is 1.67 bits per heavy atom. The fraction of sp³-hybridized carbons (Fsp3) is 1.00. The molecule has 0 aromatic rings. The van der Waals surface area contributed by atoms with Gasteiger partial charge >= 0.3 is 0 Å². The van der Waals surface area contributed by atoms with Crippen LogP contribution < -0.4 is 5.32 Å². The highest BCUT2D eigenvalue weighted by molar-refractivity contribution is 5.06. The Morgan fingerprint density at radius 1 is 0.815 bits per heavy atom. The van der Waals surface area contributed by atoms with Crippen molar-refractivity contribution < 1.29 is 9.47 Å². The van der Waals surface area contributed by atoms with Gasteiger partial charge in [0.2, 0.25) is 0 Å². The molecule has 6 fully saturated rings. The van der Waals surface area contributed by atoms with Gasteiger partial charge in [-0.15, -0.1) is 0 Å². The van der Waals surface area contributed by atoms with E-state index in [-0.39, 0.29) is 0 Å². The van der Waals surface area contributed by atoms with Gasteiger partial charge in [0.25, 0.3) is 0 Å². The zero-order valence-electron chi connectivity index (χ0n) is 17.2. The van der Waals surface area contributed by atoms with Gasteiger partial charge in [-0.3, -0.25) is 4.90 Å². The van der Waals surface area contributed by atoms with Crippen molar-refractivity contribution in [2.75, 3.05) is 32.8 Å². The zero-order valence-corrected chi connectivity index (χ0v) is 17.2. The lowest BCUT2D eigenvalue weighted by Crippen LogP contribution is -2.63. The van der Waals surface area contributed by atoms with Crippen molar-refractivity contribution in [3.8, 4) is 0 Å². The number of piperidine rings is 1. The molecule has 4 atom stereocenters. The summed E-state index contributed by atoms with van der Waals surface area (Å²) in [5, 5.41) is 3.92. The Labute approximate surface area is 165 Å². The van der Waals surface area contributed by atoms with Gasteiger partial charge in [-0.25, -0.2) is 0 Å². The minimum atomic E-state index is 0.309. The van der Waals surface area contributed by atoms with E-state index in [1.54, 1.807) is 0 Å². The van der Waals surface area contributed by atoms with E-state index in [2.05, 4.69) is 10.2 Å². The highest BCUT2D eigenvalue weighted by Gasteiger charge is 2.46. The van der Waals surface area contributed by atoms with Gasteiger partial charge < -0.3 is 14.8 Å². The summed E-state index contributed by atoms with van der Waals surface area (Å²) in [6, 6.07) is 0.540. The molecule has 0 radical (unpaired) electrons. The van der Waals surface area contributed by atoms with Crippen molar-refractivity contribution in [1.29, 1.82) is 0 Å². The van der Waals surface area contributed by atoms with Crippen molar-refractivity contribution in [1.82, 2.24) is 10.2 Å². The zero-order chi connectivity index (χ0) is 18.1. The predicted molar refractivity (Wildman–Crippen MR) is 108 cm³/mol. The molecule has 4 heteroatoms. The number of nitrogens with one attached hydrogen (secondary N) is 1. The quantitative estimate of drug-likeness (QED) is 0.698. The van der Waals surface area contributed by atoms with Gasteiger partial charge in [0.05, 0.1) is 31.5 Å². The average molecular weight is 377 g/mol. The molecule has 2 bridgehead atoms. The third kappa shape index (κ3) is 3.84. The van der Waals surface area contributed by atoms with E-state index in [4.69, 9.17) is 9.47 Å². The maximum Gasteiger partial charge on any atom is 0.0643 e. The van der Waals surface area contributed by atoms with Crippen LogP contribution in [0.4, 0.5) is 0 Å². The van der Waals surface area contributed by atoms with E-state index in [0.717, 1.165) is 31.6 Å². The van der Waals surface area contributed by atoms with Crippen LogP contribution in [0.15, 0.2) is 0 Å². The van der Waals surface area contributed by atoms with Crippen LogP contribution in [0.2, 0.25) is 0 Å². The van der Waals surface area contributed by atoms with E-state index in [1.807, 2.05) is 0 Å². The van der Waals surface area contributed by atoms with Crippen LogP contribution in [0.1, 0.15) is 77.0 Å². The molecular formula is C23H40N2O2. The largest absolute Gasteiger partial charge is 0.377 e. The van der Waals surface area contributed by atoms with Gasteiger partial charge in [-0.05, 0) is 89.1 Å². The van der Waals surface area contributed by atoms with Crippen LogP contribution >= 0.6 is 0 Å². The molecule has 4 heterocycles. The Bertz CT molecular complexity index is 485. The van der Waals surface area contributed by atoms with Crippen molar-refractivity contribution in [3.63, 3.8) is 0 Å². The third-order valence-electron chi connectivity index (χ3n) is 8.70. The van der Waals surface area contributed by atoms with Gasteiger partial charge in [0.15, 0.2) is 0 Å². The smallest absolute Gasteiger partial charge is 0.0643 e. The predicted octanol–water partition coefficient (Wildman–Crippen LogP) is 3.74. The normalized spacial score (nSPS) is 46.9. The van der Waals surface area contributed by atoms with Crippen LogP contribution in [-0.4, -0.2) is 61.5 Å². The lowest BCUT2D eigenvalue weighted by molar-refractivity contribution is -0.0558. The first-order valence-electron chi connectivity index (χ1n) is 12.1. The Morgan fingerprint density at radius 3 is 2.52 bits per heavy atom. The molecule has 2 unspecified atom stereocenters. The Hall–Kier alpha value is -0.160. The summed E-state index contributed by atoms with van der Waals surface area (Å²) in [6.45, 7) is 5.35. The maximum atomic E-state index is 6.61. The topological polar surface area (TPSA) is 33.7 Å². The molecule has 2 saturated carbocycles. The number of ether oxygens (including phenoxy) is 2. The molecule has 27 heavy (non-hydrogen) atoms. The van der Waals surface area contributed by atoms with Crippen LogP contribution in [0.3, 0.4) is 0 Å². The summed E-state index contributed by atoms with van der Waals surface area (Å²) in [5.74, 6) is 1.71. The van der Waals surface area contributed by atoms with Gasteiger partial charge in [0, 0.05) is 12.1 Å². The highest BCUT2D eigenvalue weighted by Crippen LogP contribution is 2.41. The molecule has 0 aromatic heterocycles. The van der Waals surface area contributed by atoms with E-state index in [1.165, 1.54) is 90.1 Å². The SMILES string of the molecule is C1CCC2C3CCC(CC3)OC[C@@H]3N(CCC[C@]34CCCN4)CCOC2C1. The second-order valence-corrected chi connectivity index (χ2v) is 10.1. The van der Waals surface area contributed by atoms with Crippen LogP contribution in [0.5, 0.6) is 0 Å². The van der Waals surface area contributed by atoms with Crippen molar-refractivity contribution in [2.24, 2.45) is 11.8 Å². The van der Waals surface area contributed by atoms with Gasteiger partial charge in [-0.1, -0.05) is 12.8 Å². The lowest BCUT2D eigenvalue weighted by Gasteiger charge is -2.49. The van der Waals surface area contributed by atoms with E-state index < -0.39 is 0 Å². The molecule has 1 N–H and O–H groups in total. The standard InChI is InChI=1S/C23H40N2O2/c1-2-6-21-20(5-1)18-7-9-19(10-8-18)27-17-22-23(11-3-13-24-23)12-4-14-25(22)15-16-26-21/h18-22,24H,1-17H2/t18?,19?,20?,21?,22-,23+/m0/s1. The molecule has 154 valence electrons. The minimum Gasteiger partial charge on any atom is -0.377 e. The molecule has 4 nitrogen and oxygen atoms in total. The first-order valence-corrected chi connectivity index (χ1v) is 12.1. The number of rotatable bonds is 0. The van der Waals surface area contributed by atoms with Crippen molar-refractivity contribution >= 4 is 0 Å². The molecule has 4 saturated heterocycles. The molecule has 4 aliphatic heterocycles. The fourth-order valence-corrected chi connectivity index (χ4v) is 7.23. The highest BCUT2D eigenvalue weighted by atomic mass is 16.5. The Kier molecular flexibility index (Phi) is 5.79. The van der Waals surface area contributed by atoms with E-state index in [9.17, 15) is 0 Å². The number of fused-ring (bicyclic) bond motifs is 5. The Balaban J connectivity index is 1.35. The summed E-state index contributed by atoms with van der Waals surface area (Å²) in [7, 11) is 0. The van der Waals surface area contributed by atoms with Gasteiger partial charge in [-0.2, -0.15) is 0 Å². The minimum absolute atomic E-state index is 0.309. The molecule has 1 spiro atoms. The average Bonchev–Trinajstić information content (AvgIpc) is 3.17. The molecule has 2 aliphatic carbocycles. The van der Waals surface area contributed by atoms with Crippen molar-refractivity contribution in [3.05, 3.63) is 0 Å². The molecule has 6 rings (SSSR count). The van der Waals surface area contributed by atoms with Crippen LogP contribution in [0.25, 0.3) is 0 Å². The third-order valence-corrected chi connectivity index (χ3v) is 8.70. The second-order valence-electron chi connectivity index (χ2n) is 10.1. The van der Waals surface area contributed by atoms with Gasteiger partial charge in [0.1, 0.15) is 0 Å². The summed E-state index contributed by atoms with van der Waals surface area (Å²) < 4.78 is 13.2. The second kappa shape index (κ2) is 8.30. The van der Waals surface area contributed by atoms with Crippen molar-refractivity contribution in [2.45, 2.75) is 101 Å². The molecular weight excluding hydrogens is 336 g/mol. The van der Waals surface area contributed by atoms with Crippen LogP contribution in [0, 0.1) is 11.8 Å². The molecule has 0 amide bonds. The molecule has 0 aromatic carbocycles. The summed E-state index contributed by atoms with van der Waals surface area (Å²) in [6.07, 6.45) is 17.1. The summed E-state index contributed by atoms with van der Waals surface area (Å²) in [5.41, 5.74) is 0.309. The first kappa shape index (κ1) is 18.8. The summed E-state index contributed by atoms with van der Waals surface area (Å²) in [4.78, 5) is 2.73. The number of hydrogen-bond donors (Lipinski definition) is 1. The monoisotopic (exact) mass is 376 g/mol. The summed E-state index contributed by atoms with van der Waals surface area (Å²) >= 11 is 0.